The first-order valence-electron chi connectivity index (χ1n) is 9.64. The van der Waals surface area contributed by atoms with E-state index in [1.807, 2.05) is 18.2 Å². The highest BCUT2D eigenvalue weighted by Gasteiger charge is 2.14. The standard InChI is InChI=1S/C22H23ClN4O2/c1-15-12-21(27-10-8-24-9-11-27)26-20-7-4-17(13-19(15)20)25-22(28)14-29-18-5-2-16(23)3-6-18/h2-7,12-13,24H,8-11,14H2,1H3,(H,25,28). The number of nitrogens with zero attached hydrogens (tertiary/aromatic N) is 2. The fourth-order valence-corrected chi connectivity index (χ4v) is 3.51. The van der Waals surface area contributed by atoms with E-state index < -0.39 is 0 Å². The fraction of sp³-hybridized carbons (Fsp3) is 0.273. The number of pyridine rings is 1. The Kier molecular flexibility index (Phi) is 5.83. The molecule has 4 rings (SSSR count). The molecular weight excluding hydrogens is 388 g/mol. The van der Waals surface area contributed by atoms with Crippen molar-refractivity contribution in [2.24, 2.45) is 0 Å². The Morgan fingerprint density at radius 1 is 1.17 bits per heavy atom. The topological polar surface area (TPSA) is 66.5 Å². The highest BCUT2D eigenvalue weighted by molar-refractivity contribution is 6.30. The molecule has 2 aromatic carbocycles. The second-order valence-corrected chi connectivity index (χ2v) is 7.49. The molecule has 1 aliphatic heterocycles. The van der Waals surface area contributed by atoms with Crippen molar-refractivity contribution in [3.05, 3.63) is 59.1 Å². The molecule has 2 heterocycles. The number of hydrogen-bond acceptors (Lipinski definition) is 5. The third-order valence-corrected chi connectivity index (χ3v) is 5.16. The average molecular weight is 411 g/mol. The lowest BCUT2D eigenvalue weighted by Gasteiger charge is -2.29. The Morgan fingerprint density at radius 3 is 2.69 bits per heavy atom. The number of benzene rings is 2. The van der Waals surface area contributed by atoms with Crippen LogP contribution in [0.5, 0.6) is 5.75 Å². The Labute approximate surface area is 174 Å². The normalized spacial score (nSPS) is 14.1. The number of halogens is 1. The second kappa shape index (κ2) is 8.68. The number of rotatable bonds is 5. The van der Waals surface area contributed by atoms with Crippen LogP contribution in [0, 0.1) is 6.92 Å². The van der Waals surface area contributed by atoms with E-state index >= 15 is 0 Å². The number of carbonyl (C=O) groups excluding carboxylic acids is 1. The fourth-order valence-electron chi connectivity index (χ4n) is 3.39. The minimum Gasteiger partial charge on any atom is -0.484 e. The Balaban J connectivity index is 1.44. The minimum absolute atomic E-state index is 0.0706. The number of amides is 1. The van der Waals surface area contributed by atoms with E-state index in [0.29, 0.717) is 10.8 Å². The summed E-state index contributed by atoms with van der Waals surface area (Å²) in [6, 6.07) is 14.8. The van der Waals surface area contributed by atoms with Gasteiger partial charge in [-0.25, -0.2) is 4.98 Å². The van der Waals surface area contributed by atoms with Crippen LogP contribution in [0.1, 0.15) is 5.56 Å². The molecule has 0 bridgehead atoms. The lowest BCUT2D eigenvalue weighted by atomic mass is 10.1. The molecule has 0 atom stereocenters. The van der Waals surface area contributed by atoms with E-state index in [-0.39, 0.29) is 12.5 Å². The predicted molar refractivity (Wildman–Crippen MR) is 117 cm³/mol. The first-order valence-corrected chi connectivity index (χ1v) is 10.0. The zero-order valence-electron chi connectivity index (χ0n) is 16.2. The van der Waals surface area contributed by atoms with Crippen molar-refractivity contribution in [3.63, 3.8) is 0 Å². The lowest BCUT2D eigenvalue weighted by molar-refractivity contribution is -0.118. The molecular formula is C22H23ClN4O2. The number of piperazine rings is 1. The van der Waals surface area contributed by atoms with Crippen molar-refractivity contribution < 1.29 is 9.53 Å². The summed E-state index contributed by atoms with van der Waals surface area (Å²) >= 11 is 5.85. The molecule has 7 heteroatoms. The van der Waals surface area contributed by atoms with Crippen LogP contribution in [0.4, 0.5) is 11.5 Å². The molecule has 1 aliphatic rings. The molecule has 0 unspecified atom stereocenters. The maximum absolute atomic E-state index is 12.2. The average Bonchev–Trinajstić information content (AvgIpc) is 2.74. The first kappa shape index (κ1) is 19.5. The molecule has 0 spiro atoms. The summed E-state index contributed by atoms with van der Waals surface area (Å²) in [5, 5.41) is 7.90. The number of ether oxygens (including phenoxy) is 1. The molecule has 0 aliphatic carbocycles. The van der Waals surface area contributed by atoms with Gasteiger partial charge in [0.2, 0.25) is 0 Å². The van der Waals surface area contributed by atoms with Crippen molar-refractivity contribution in [2.75, 3.05) is 43.0 Å². The molecule has 1 fully saturated rings. The summed E-state index contributed by atoms with van der Waals surface area (Å²) in [6.07, 6.45) is 0. The van der Waals surface area contributed by atoms with Gasteiger partial charge in [-0.15, -0.1) is 0 Å². The van der Waals surface area contributed by atoms with Crippen LogP contribution in [-0.4, -0.2) is 43.7 Å². The van der Waals surface area contributed by atoms with Crippen LogP contribution >= 0.6 is 11.6 Å². The van der Waals surface area contributed by atoms with Crippen molar-refractivity contribution >= 4 is 39.9 Å². The van der Waals surface area contributed by atoms with E-state index in [0.717, 1.165) is 54.2 Å². The summed E-state index contributed by atoms with van der Waals surface area (Å²) in [5.74, 6) is 1.38. The summed E-state index contributed by atoms with van der Waals surface area (Å²) in [4.78, 5) is 19.4. The minimum atomic E-state index is -0.220. The molecule has 150 valence electrons. The maximum Gasteiger partial charge on any atom is 0.262 e. The zero-order chi connectivity index (χ0) is 20.2. The van der Waals surface area contributed by atoms with Gasteiger partial charge in [0.05, 0.1) is 5.52 Å². The van der Waals surface area contributed by atoms with Gasteiger partial charge < -0.3 is 20.3 Å². The van der Waals surface area contributed by atoms with Gasteiger partial charge in [0.15, 0.2) is 6.61 Å². The largest absolute Gasteiger partial charge is 0.484 e. The van der Waals surface area contributed by atoms with Gasteiger partial charge in [-0.3, -0.25) is 4.79 Å². The molecule has 1 aromatic heterocycles. The molecule has 1 amide bonds. The van der Waals surface area contributed by atoms with Gasteiger partial charge in [0, 0.05) is 42.3 Å². The maximum atomic E-state index is 12.2. The van der Waals surface area contributed by atoms with Crippen molar-refractivity contribution in [2.45, 2.75) is 6.92 Å². The summed E-state index contributed by atoms with van der Waals surface area (Å²) in [5.41, 5.74) is 2.79. The summed E-state index contributed by atoms with van der Waals surface area (Å²) in [6.45, 7) is 5.87. The molecule has 3 aromatic rings. The summed E-state index contributed by atoms with van der Waals surface area (Å²) < 4.78 is 5.50. The van der Waals surface area contributed by atoms with E-state index in [4.69, 9.17) is 21.3 Å². The second-order valence-electron chi connectivity index (χ2n) is 7.06. The number of carbonyl (C=O) groups is 1. The van der Waals surface area contributed by atoms with Gasteiger partial charge in [0.25, 0.3) is 5.91 Å². The number of fused-ring (bicyclic) bond motifs is 1. The van der Waals surface area contributed by atoms with Crippen molar-refractivity contribution in [3.8, 4) is 5.75 Å². The molecule has 6 nitrogen and oxygen atoms in total. The first-order chi connectivity index (χ1) is 14.1. The molecule has 0 radical (unpaired) electrons. The van der Waals surface area contributed by atoms with Gasteiger partial charge in [-0.05, 0) is 61.0 Å². The van der Waals surface area contributed by atoms with Gasteiger partial charge in [-0.2, -0.15) is 0 Å². The highest BCUT2D eigenvalue weighted by Crippen LogP contribution is 2.25. The van der Waals surface area contributed by atoms with E-state index in [2.05, 4.69) is 28.5 Å². The van der Waals surface area contributed by atoms with E-state index in [1.54, 1.807) is 24.3 Å². The monoisotopic (exact) mass is 410 g/mol. The highest BCUT2D eigenvalue weighted by atomic mass is 35.5. The van der Waals surface area contributed by atoms with Crippen LogP contribution in [0.2, 0.25) is 5.02 Å². The number of anilines is 2. The Morgan fingerprint density at radius 2 is 1.93 bits per heavy atom. The zero-order valence-corrected chi connectivity index (χ0v) is 17.0. The number of nitrogens with one attached hydrogen (secondary N) is 2. The van der Waals surface area contributed by atoms with Crippen LogP contribution in [0.25, 0.3) is 10.9 Å². The molecule has 1 saturated heterocycles. The molecule has 0 saturated carbocycles. The van der Waals surface area contributed by atoms with Crippen LogP contribution < -0.4 is 20.3 Å². The van der Waals surface area contributed by atoms with Crippen molar-refractivity contribution in [1.29, 1.82) is 0 Å². The van der Waals surface area contributed by atoms with Crippen molar-refractivity contribution in [1.82, 2.24) is 10.3 Å². The number of aryl methyl sites for hydroxylation is 1. The van der Waals surface area contributed by atoms with E-state index in [1.165, 1.54) is 0 Å². The smallest absolute Gasteiger partial charge is 0.262 e. The predicted octanol–water partition coefficient (Wildman–Crippen LogP) is 3.62. The van der Waals surface area contributed by atoms with E-state index in [9.17, 15) is 4.79 Å². The van der Waals surface area contributed by atoms with Crippen LogP contribution in [0.15, 0.2) is 48.5 Å². The SMILES string of the molecule is Cc1cc(N2CCNCC2)nc2ccc(NC(=O)COc3ccc(Cl)cc3)cc12. The quantitative estimate of drug-likeness (QED) is 0.672. The molecule has 2 N–H and O–H groups in total. The molecule has 29 heavy (non-hydrogen) atoms. The van der Waals surface area contributed by atoms with Crippen LogP contribution in [0.3, 0.4) is 0 Å². The van der Waals surface area contributed by atoms with Gasteiger partial charge >= 0.3 is 0 Å². The third kappa shape index (κ3) is 4.78. The number of aromatic nitrogens is 1. The number of hydrogen-bond donors (Lipinski definition) is 2. The van der Waals surface area contributed by atoms with Gasteiger partial charge in [-0.1, -0.05) is 11.6 Å². The van der Waals surface area contributed by atoms with Gasteiger partial charge in [0.1, 0.15) is 11.6 Å². The third-order valence-electron chi connectivity index (χ3n) is 4.91. The Hall–Kier alpha value is -2.83. The summed E-state index contributed by atoms with van der Waals surface area (Å²) in [7, 11) is 0. The lowest BCUT2D eigenvalue weighted by Crippen LogP contribution is -2.43. The Bertz CT molecular complexity index is 1020. The van der Waals surface area contributed by atoms with Crippen LogP contribution in [-0.2, 0) is 4.79 Å².